The second kappa shape index (κ2) is 4.70. The van der Waals surface area contributed by atoms with Crippen molar-refractivity contribution in [1.29, 1.82) is 0 Å². The average molecular weight is 176 g/mol. The fourth-order valence-corrected chi connectivity index (χ4v) is 1.45. The number of para-hydroxylation sites is 1. The van der Waals surface area contributed by atoms with E-state index in [1.165, 1.54) is 5.57 Å². The summed E-state index contributed by atoms with van der Waals surface area (Å²) in [6, 6.07) is 7.49. The zero-order valence-corrected chi connectivity index (χ0v) is 8.25. The highest BCUT2D eigenvalue weighted by Gasteiger charge is 2.03. The summed E-state index contributed by atoms with van der Waals surface area (Å²) in [6.45, 7) is 4.15. The smallest absolute Gasteiger partial charge is 0.123 e. The quantitative estimate of drug-likeness (QED) is 0.746. The van der Waals surface area contributed by atoms with Crippen LogP contribution in [0.5, 0.6) is 5.75 Å². The van der Waals surface area contributed by atoms with Gasteiger partial charge in [0.2, 0.25) is 0 Å². The predicted octanol–water partition coefficient (Wildman–Crippen LogP) is 3.60. The van der Waals surface area contributed by atoms with Crippen molar-refractivity contribution >= 4 is 5.57 Å². The van der Waals surface area contributed by atoms with E-state index in [1.807, 2.05) is 25.1 Å². The van der Waals surface area contributed by atoms with Crippen LogP contribution in [-0.2, 0) is 0 Å². The van der Waals surface area contributed by atoms with Crippen molar-refractivity contribution in [3.05, 3.63) is 35.9 Å². The Morgan fingerprint density at radius 3 is 2.62 bits per heavy atom. The summed E-state index contributed by atoms with van der Waals surface area (Å²) in [5.41, 5.74) is 2.19. The van der Waals surface area contributed by atoms with Gasteiger partial charge in [0.05, 0.1) is 0 Å². The Kier molecular flexibility index (Phi) is 3.56. The van der Waals surface area contributed by atoms with Crippen LogP contribution in [0.2, 0.25) is 0 Å². The molecule has 0 atom stereocenters. The van der Waals surface area contributed by atoms with Gasteiger partial charge in [0.15, 0.2) is 0 Å². The van der Waals surface area contributed by atoms with Gasteiger partial charge in [0.25, 0.3) is 0 Å². The van der Waals surface area contributed by atoms with Gasteiger partial charge in [-0.15, -0.1) is 0 Å². The van der Waals surface area contributed by atoms with Gasteiger partial charge in [-0.2, -0.15) is 0 Å². The first-order valence-corrected chi connectivity index (χ1v) is 4.73. The van der Waals surface area contributed by atoms with Crippen LogP contribution >= 0.6 is 0 Å². The molecular weight excluding hydrogens is 160 g/mol. The van der Waals surface area contributed by atoms with Crippen LogP contribution in [0.25, 0.3) is 5.57 Å². The molecule has 13 heavy (non-hydrogen) atoms. The molecule has 1 rings (SSSR count). The lowest BCUT2D eigenvalue weighted by Crippen LogP contribution is -1.84. The lowest BCUT2D eigenvalue weighted by Gasteiger charge is -2.07. The van der Waals surface area contributed by atoms with Gasteiger partial charge in [0, 0.05) is 5.56 Å². The molecule has 0 bridgehead atoms. The molecule has 0 radical (unpaired) electrons. The summed E-state index contributed by atoms with van der Waals surface area (Å²) in [4.78, 5) is 0. The first-order valence-electron chi connectivity index (χ1n) is 4.73. The Hall–Kier alpha value is -1.24. The number of rotatable bonds is 3. The predicted molar refractivity (Wildman–Crippen MR) is 56.7 cm³/mol. The lowest BCUT2D eigenvalue weighted by molar-refractivity contribution is 0.473. The molecule has 0 aliphatic rings. The zero-order chi connectivity index (χ0) is 9.68. The molecule has 0 fully saturated rings. The van der Waals surface area contributed by atoms with E-state index in [0.717, 1.165) is 18.4 Å². The number of phenols is 1. The summed E-state index contributed by atoms with van der Waals surface area (Å²) < 4.78 is 0. The van der Waals surface area contributed by atoms with Crippen molar-refractivity contribution in [2.45, 2.75) is 26.7 Å². The summed E-state index contributed by atoms with van der Waals surface area (Å²) in [7, 11) is 0. The Labute approximate surface area is 79.7 Å². The van der Waals surface area contributed by atoms with Gasteiger partial charge >= 0.3 is 0 Å². The molecule has 1 aromatic carbocycles. The average Bonchev–Trinajstić information content (AvgIpc) is 2.16. The monoisotopic (exact) mass is 176 g/mol. The minimum Gasteiger partial charge on any atom is -0.507 e. The molecule has 0 spiro atoms. The van der Waals surface area contributed by atoms with Gasteiger partial charge in [-0.25, -0.2) is 0 Å². The number of hydrogen-bond donors (Lipinski definition) is 1. The van der Waals surface area contributed by atoms with Crippen molar-refractivity contribution in [2.24, 2.45) is 0 Å². The van der Waals surface area contributed by atoms with E-state index >= 15 is 0 Å². The molecule has 70 valence electrons. The number of hydrogen-bond acceptors (Lipinski definition) is 1. The molecule has 0 saturated carbocycles. The lowest BCUT2D eigenvalue weighted by atomic mass is 10.0. The van der Waals surface area contributed by atoms with E-state index in [1.54, 1.807) is 6.07 Å². The highest BCUT2D eigenvalue weighted by molar-refractivity contribution is 5.69. The molecule has 0 saturated heterocycles. The van der Waals surface area contributed by atoms with Crippen molar-refractivity contribution in [1.82, 2.24) is 0 Å². The Balaban J connectivity index is 2.99. The van der Waals surface area contributed by atoms with Crippen LogP contribution < -0.4 is 0 Å². The summed E-state index contributed by atoms with van der Waals surface area (Å²) in [5, 5.41) is 9.60. The maximum absolute atomic E-state index is 9.60. The Bertz CT molecular complexity index is 300. The normalized spacial score (nSPS) is 11.7. The van der Waals surface area contributed by atoms with E-state index in [4.69, 9.17) is 0 Å². The Morgan fingerprint density at radius 1 is 1.38 bits per heavy atom. The molecule has 0 aliphatic heterocycles. The molecule has 0 amide bonds. The number of aromatic hydroxyl groups is 1. The fourth-order valence-electron chi connectivity index (χ4n) is 1.45. The second-order valence-electron chi connectivity index (χ2n) is 3.08. The molecule has 1 N–H and O–H groups in total. The minimum absolute atomic E-state index is 0.379. The molecular formula is C12H16O. The Morgan fingerprint density at radius 2 is 2.08 bits per heavy atom. The van der Waals surface area contributed by atoms with Gasteiger partial charge in [-0.3, -0.25) is 0 Å². The van der Waals surface area contributed by atoms with Gasteiger partial charge in [-0.1, -0.05) is 37.6 Å². The van der Waals surface area contributed by atoms with Crippen molar-refractivity contribution in [3.63, 3.8) is 0 Å². The fraction of sp³-hybridized carbons (Fsp3) is 0.333. The van der Waals surface area contributed by atoms with E-state index in [2.05, 4.69) is 13.0 Å². The topological polar surface area (TPSA) is 20.2 Å². The van der Waals surface area contributed by atoms with E-state index in [0.29, 0.717) is 5.75 Å². The van der Waals surface area contributed by atoms with Gasteiger partial charge in [0.1, 0.15) is 5.75 Å². The standard InChI is InChI=1S/C12H16O/c1-3-7-10(4-2)11-8-5-6-9-12(11)13/h4-6,8-9,13H,3,7H2,1-2H3. The highest BCUT2D eigenvalue weighted by atomic mass is 16.3. The molecule has 0 heterocycles. The van der Waals surface area contributed by atoms with Gasteiger partial charge in [-0.05, 0) is 25.0 Å². The van der Waals surface area contributed by atoms with E-state index in [-0.39, 0.29) is 0 Å². The van der Waals surface area contributed by atoms with Crippen LogP contribution in [0.15, 0.2) is 30.3 Å². The minimum atomic E-state index is 0.379. The van der Waals surface area contributed by atoms with Crippen molar-refractivity contribution in [2.75, 3.05) is 0 Å². The molecule has 0 unspecified atom stereocenters. The van der Waals surface area contributed by atoms with E-state index < -0.39 is 0 Å². The summed E-state index contributed by atoms with van der Waals surface area (Å²) in [5.74, 6) is 0.379. The van der Waals surface area contributed by atoms with Crippen LogP contribution in [0.4, 0.5) is 0 Å². The van der Waals surface area contributed by atoms with Crippen LogP contribution in [0.1, 0.15) is 32.3 Å². The maximum Gasteiger partial charge on any atom is 0.123 e. The zero-order valence-electron chi connectivity index (χ0n) is 8.25. The molecule has 1 heteroatoms. The maximum atomic E-state index is 9.60. The van der Waals surface area contributed by atoms with Crippen molar-refractivity contribution < 1.29 is 5.11 Å². The molecule has 1 nitrogen and oxygen atoms in total. The third-order valence-electron chi connectivity index (χ3n) is 2.12. The third kappa shape index (κ3) is 2.35. The van der Waals surface area contributed by atoms with Gasteiger partial charge < -0.3 is 5.11 Å². The van der Waals surface area contributed by atoms with Crippen LogP contribution in [0.3, 0.4) is 0 Å². The first kappa shape index (κ1) is 9.85. The summed E-state index contributed by atoms with van der Waals surface area (Å²) >= 11 is 0. The SMILES string of the molecule is CC=C(CCC)c1ccccc1O. The summed E-state index contributed by atoms with van der Waals surface area (Å²) in [6.07, 6.45) is 4.20. The largest absolute Gasteiger partial charge is 0.507 e. The molecule has 0 aromatic heterocycles. The number of benzene rings is 1. The first-order chi connectivity index (χ1) is 6.29. The second-order valence-corrected chi connectivity index (χ2v) is 3.08. The molecule has 1 aromatic rings. The van der Waals surface area contributed by atoms with E-state index in [9.17, 15) is 5.11 Å². The van der Waals surface area contributed by atoms with Crippen LogP contribution in [-0.4, -0.2) is 5.11 Å². The van der Waals surface area contributed by atoms with Crippen LogP contribution in [0, 0.1) is 0 Å². The third-order valence-corrected chi connectivity index (χ3v) is 2.12. The highest BCUT2D eigenvalue weighted by Crippen LogP contribution is 2.27. The number of phenolic OH excluding ortho intramolecular Hbond substituents is 1. The molecule has 0 aliphatic carbocycles. The number of allylic oxidation sites excluding steroid dienone is 2. The van der Waals surface area contributed by atoms with Crippen molar-refractivity contribution in [3.8, 4) is 5.75 Å².